The van der Waals surface area contributed by atoms with Gasteiger partial charge in [-0.1, -0.05) is 26.7 Å². The zero-order valence-corrected chi connectivity index (χ0v) is 14.4. The number of hydrogen-bond acceptors (Lipinski definition) is 4. The SMILES string of the molecule is CCCC1CCN(CCCC(C)(NCC)C(=O)OC)CC1. The number of likely N-dealkylation sites (N-methyl/N-ethyl adjacent to an activating group) is 1. The lowest BCUT2D eigenvalue weighted by molar-refractivity contribution is -0.148. The molecule has 0 saturated carbocycles. The molecule has 0 radical (unpaired) electrons. The van der Waals surface area contributed by atoms with Crippen molar-refractivity contribution in [2.75, 3.05) is 33.3 Å². The van der Waals surface area contributed by atoms with Crippen LogP contribution in [0.4, 0.5) is 0 Å². The number of esters is 1. The molecule has 1 fully saturated rings. The van der Waals surface area contributed by atoms with Gasteiger partial charge in [0.1, 0.15) is 5.54 Å². The van der Waals surface area contributed by atoms with Gasteiger partial charge in [0, 0.05) is 0 Å². The summed E-state index contributed by atoms with van der Waals surface area (Å²) in [7, 11) is 1.47. The minimum absolute atomic E-state index is 0.147. The Bertz CT molecular complexity index is 301. The minimum Gasteiger partial charge on any atom is -0.468 e. The van der Waals surface area contributed by atoms with Crippen LogP contribution in [0.2, 0.25) is 0 Å². The summed E-state index contributed by atoms with van der Waals surface area (Å²) in [6, 6.07) is 0. The largest absolute Gasteiger partial charge is 0.468 e. The minimum atomic E-state index is -0.538. The Morgan fingerprint density at radius 3 is 2.52 bits per heavy atom. The zero-order chi connectivity index (χ0) is 15.7. The Hall–Kier alpha value is -0.610. The number of ether oxygens (including phenoxy) is 1. The summed E-state index contributed by atoms with van der Waals surface area (Å²) in [5.41, 5.74) is -0.538. The first-order chi connectivity index (χ1) is 10.1. The van der Waals surface area contributed by atoms with Crippen molar-refractivity contribution < 1.29 is 9.53 Å². The van der Waals surface area contributed by atoms with Crippen molar-refractivity contribution >= 4 is 5.97 Å². The molecule has 1 unspecified atom stereocenters. The third-order valence-electron chi connectivity index (χ3n) is 4.76. The van der Waals surface area contributed by atoms with Crippen LogP contribution < -0.4 is 5.32 Å². The molecule has 0 bridgehead atoms. The van der Waals surface area contributed by atoms with Crippen molar-refractivity contribution in [3.63, 3.8) is 0 Å². The van der Waals surface area contributed by atoms with Crippen LogP contribution in [0.5, 0.6) is 0 Å². The first-order valence-electron chi connectivity index (χ1n) is 8.61. The molecular formula is C17H34N2O2. The number of methoxy groups -OCH3 is 1. The molecule has 0 aromatic rings. The lowest BCUT2D eigenvalue weighted by atomic mass is 9.91. The molecular weight excluding hydrogens is 264 g/mol. The Kier molecular flexibility index (Phi) is 8.27. The van der Waals surface area contributed by atoms with E-state index in [4.69, 9.17) is 4.74 Å². The summed E-state index contributed by atoms with van der Waals surface area (Å²) in [5.74, 6) is 0.791. The maximum Gasteiger partial charge on any atom is 0.325 e. The first-order valence-corrected chi connectivity index (χ1v) is 8.61. The number of carbonyl (C=O) groups excluding carboxylic acids is 1. The lowest BCUT2D eigenvalue weighted by Crippen LogP contribution is -2.50. The van der Waals surface area contributed by atoms with E-state index >= 15 is 0 Å². The summed E-state index contributed by atoms with van der Waals surface area (Å²) >= 11 is 0. The third-order valence-corrected chi connectivity index (χ3v) is 4.76. The summed E-state index contributed by atoms with van der Waals surface area (Å²) < 4.78 is 4.94. The van der Waals surface area contributed by atoms with E-state index in [1.54, 1.807) is 0 Å². The second-order valence-corrected chi connectivity index (χ2v) is 6.53. The van der Waals surface area contributed by atoms with E-state index in [2.05, 4.69) is 17.1 Å². The van der Waals surface area contributed by atoms with Gasteiger partial charge in [-0.15, -0.1) is 0 Å². The highest BCUT2D eigenvalue weighted by molar-refractivity contribution is 5.80. The number of rotatable bonds is 9. The molecule has 0 amide bonds. The molecule has 1 N–H and O–H groups in total. The Balaban J connectivity index is 2.30. The Morgan fingerprint density at radius 1 is 1.33 bits per heavy atom. The van der Waals surface area contributed by atoms with Crippen LogP contribution in [0.1, 0.15) is 59.3 Å². The molecule has 0 aromatic carbocycles. The molecule has 4 nitrogen and oxygen atoms in total. The molecule has 1 saturated heterocycles. The number of piperidine rings is 1. The lowest BCUT2D eigenvalue weighted by Gasteiger charge is -2.33. The molecule has 1 aliphatic heterocycles. The van der Waals surface area contributed by atoms with Gasteiger partial charge < -0.3 is 15.0 Å². The second kappa shape index (κ2) is 9.42. The van der Waals surface area contributed by atoms with Crippen LogP contribution in [-0.2, 0) is 9.53 Å². The molecule has 1 heterocycles. The van der Waals surface area contributed by atoms with Gasteiger partial charge in [0.25, 0.3) is 0 Å². The maximum atomic E-state index is 11.9. The molecule has 21 heavy (non-hydrogen) atoms. The highest BCUT2D eigenvalue weighted by atomic mass is 16.5. The van der Waals surface area contributed by atoms with E-state index in [-0.39, 0.29) is 5.97 Å². The van der Waals surface area contributed by atoms with Crippen LogP contribution >= 0.6 is 0 Å². The zero-order valence-electron chi connectivity index (χ0n) is 14.4. The molecule has 124 valence electrons. The number of likely N-dealkylation sites (tertiary alicyclic amines) is 1. The highest BCUT2D eigenvalue weighted by Gasteiger charge is 2.33. The summed E-state index contributed by atoms with van der Waals surface area (Å²) in [6.45, 7) is 10.6. The van der Waals surface area contributed by atoms with E-state index in [1.807, 2.05) is 13.8 Å². The van der Waals surface area contributed by atoms with Crippen LogP contribution in [0.25, 0.3) is 0 Å². The monoisotopic (exact) mass is 298 g/mol. The number of nitrogens with zero attached hydrogens (tertiary/aromatic N) is 1. The van der Waals surface area contributed by atoms with Crippen LogP contribution in [0, 0.1) is 5.92 Å². The van der Waals surface area contributed by atoms with E-state index in [1.165, 1.54) is 45.9 Å². The quantitative estimate of drug-likeness (QED) is 0.665. The summed E-state index contributed by atoms with van der Waals surface area (Å²) in [6.07, 6.45) is 7.25. The van der Waals surface area contributed by atoms with Crippen molar-refractivity contribution in [1.82, 2.24) is 10.2 Å². The van der Waals surface area contributed by atoms with Crippen LogP contribution in [-0.4, -0.2) is 49.7 Å². The van der Waals surface area contributed by atoms with Gasteiger partial charge in [-0.25, -0.2) is 0 Å². The second-order valence-electron chi connectivity index (χ2n) is 6.53. The van der Waals surface area contributed by atoms with Crippen molar-refractivity contribution in [3.05, 3.63) is 0 Å². The normalized spacial score (nSPS) is 20.2. The predicted octanol–water partition coefficient (Wildman–Crippen LogP) is 2.82. The van der Waals surface area contributed by atoms with Crippen LogP contribution in [0.3, 0.4) is 0 Å². The fourth-order valence-electron chi connectivity index (χ4n) is 3.44. The van der Waals surface area contributed by atoms with Crippen molar-refractivity contribution in [3.8, 4) is 0 Å². The number of carbonyl (C=O) groups is 1. The Morgan fingerprint density at radius 2 is 2.00 bits per heavy atom. The molecule has 0 spiro atoms. The Labute approximate surface area is 130 Å². The standard InChI is InChI=1S/C17H34N2O2/c1-5-8-15-9-13-19(14-10-15)12-7-11-17(3,18-6-2)16(20)21-4/h15,18H,5-14H2,1-4H3. The highest BCUT2D eigenvalue weighted by Crippen LogP contribution is 2.22. The van der Waals surface area contributed by atoms with Crippen molar-refractivity contribution in [1.29, 1.82) is 0 Å². The van der Waals surface area contributed by atoms with Gasteiger partial charge in [0.15, 0.2) is 0 Å². The molecule has 1 rings (SSSR count). The predicted molar refractivity (Wildman–Crippen MR) is 87.4 cm³/mol. The van der Waals surface area contributed by atoms with Gasteiger partial charge in [0.2, 0.25) is 0 Å². The average molecular weight is 298 g/mol. The van der Waals surface area contributed by atoms with Crippen molar-refractivity contribution in [2.45, 2.75) is 64.8 Å². The fraction of sp³-hybridized carbons (Fsp3) is 0.941. The van der Waals surface area contributed by atoms with Gasteiger partial charge >= 0.3 is 5.97 Å². The van der Waals surface area contributed by atoms with Crippen LogP contribution in [0.15, 0.2) is 0 Å². The molecule has 0 aromatic heterocycles. The topological polar surface area (TPSA) is 41.6 Å². The molecule has 4 heteroatoms. The average Bonchev–Trinajstić information content (AvgIpc) is 2.48. The molecule has 1 atom stereocenters. The summed E-state index contributed by atoms with van der Waals surface area (Å²) in [5, 5.41) is 3.28. The first kappa shape index (κ1) is 18.4. The molecule has 1 aliphatic rings. The van der Waals surface area contributed by atoms with Crippen molar-refractivity contribution in [2.24, 2.45) is 5.92 Å². The van der Waals surface area contributed by atoms with Gasteiger partial charge in [-0.3, -0.25) is 4.79 Å². The maximum absolute atomic E-state index is 11.9. The third kappa shape index (κ3) is 5.95. The number of nitrogens with one attached hydrogen (secondary N) is 1. The van der Waals surface area contributed by atoms with Gasteiger partial charge in [-0.05, 0) is 64.7 Å². The fourth-order valence-corrected chi connectivity index (χ4v) is 3.44. The summed E-state index contributed by atoms with van der Waals surface area (Å²) in [4.78, 5) is 14.5. The number of hydrogen-bond donors (Lipinski definition) is 1. The van der Waals surface area contributed by atoms with E-state index < -0.39 is 5.54 Å². The van der Waals surface area contributed by atoms with E-state index in [9.17, 15) is 4.79 Å². The molecule has 0 aliphatic carbocycles. The van der Waals surface area contributed by atoms with E-state index in [0.717, 1.165) is 31.8 Å². The van der Waals surface area contributed by atoms with Gasteiger partial charge in [-0.2, -0.15) is 0 Å². The van der Waals surface area contributed by atoms with Gasteiger partial charge in [0.05, 0.1) is 7.11 Å². The smallest absolute Gasteiger partial charge is 0.325 e. The van der Waals surface area contributed by atoms with E-state index in [0.29, 0.717) is 0 Å².